The lowest BCUT2D eigenvalue weighted by molar-refractivity contribution is 0.490. The summed E-state index contributed by atoms with van der Waals surface area (Å²) in [7, 11) is 0. The maximum atomic E-state index is 4.27. The number of nitrogens with zero attached hydrogens (tertiary/aromatic N) is 2. The average Bonchev–Trinajstić information content (AvgIpc) is 2.55. The van der Waals surface area contributed by atoms with Gasteiger partial charge in [0.25, 0.3) is 0 Å². The topological polar surface area (TPSA) is 29.9 Å². The number of nitrogens with one attached hydrogen (secondary N) is 1. The molecule has 1 unspecified atom stereocenters. The fourth-order valence-electron chi connectivity index (χ4n) is 1.38. The molecule has 1 aromatic rings. The van der Waals surface area contributed by atoms with E-state index in [0.717, 1.165) is 13.1 Å². The Labute approximate surface area is 91.5 Å². The highest BCUT2D eigenvalue weighted by Crippen LogP contribution is 2.14. The maximum Gasteiger partial charge on any atom is 0.0656 e. The van der Waals surface area contributed by atoms with Gasteiger partial charge in [-0.15, -0.1) is 12.4 Å². The van der Waals surface area contributed by atoms with Gasteiger partial charge in [-0.25, -0.2) is 0 Å². The van der Waals surface area contributed by atoms with Crippen LogP contribution in [0.4, 0.5) is 0 Å². The van der Waals surface area contributed by atoms with E-state index in [1.807, 2.05) is 6.20 Å². The normalized spacial score (nSPS) is 22.2. The highest BCUT2D eigenvalue weighted by molar-refractivity contribution is 14.1. The average molecular weight is 300 g/mol. The first-order valence-corrected chi connectivity index (χ1v) is 4.84. The van der Waals surface area contributed by atoms with Crippen molar-refractivity contribution >= 4 is 35.0 Å². The fourth-order valence-corrected chi connectivity index (χ4v) is 1.79. The molecule has 1 aliphatic heterocycles. The Morgan fingerprint density at radius 3 is 3.00 bits per heavy atom. The van der Waals surface area contributed by atoms with Crippen molar-refractivity contribution in [3.05, 3.63) is 16.0 Å². The van der Waals surface area contributed by atoms with Crippen LogP contribution in [0.15, 0.2) is 12.4 Å². The minimum absolute atomic E-state index is 0. The Morgan fingerprint density at radius 2 is 2.50 bits per heavy atom. The third-order valence-corrected chi connectivity index (χ3v) is 2.54. The molecule has 0 radical (unpaired) electrons. The number of rotatable bonds is 1. The molecule has 1 atom stereocenters. The van der Waals surface area contributed by atoms with E-state index in [1.54, 1.807) is 0 Å². The van der Waals surface area contributed by atoms with Crippen LogP contribution in [0, 0.1) is 3.57 Å². The van der Waals surface area contributed by atoms with Gasteiger partial charge in [0.1, 0.15) is 0 Å². The van der Waals surface area contributed by atoms with E-state index < -0.39 is 0 Å². The molecule has 68 valence electrons. The number of hydrogen-bond acceptors (Lipinski definition) is 2. The minimum Gasteiger partial charge on any atom is -0.315 e. The van der Waals surface area contributed by atoms with Crippen LogP contribution in [0.1, 0.15) is 12.5 Å². The molecule has 0 aromatic carbocycles. The van der Waals surface area contributed by atoms with E-state index >= 15 is 0 Å². The molecular formula is C7H11ClIN3. The van der Waals surface area contributed by atoms with E-state index in [9.17, 15) is 0 Å². The number of hydrogen-bond donors (Lipinski definition) is 1. The first-order valence-electron chi connectivity index (χ1n) is 3.76. The molecule has 0 amide bonds. The van der Waals surface area contributed by atoms with Crippen LogP contribution >= 0.6 is 35.0 Å². The van der Waals surface area contributed by atoms with Crippen LogP contribution in [0.25, 0.3) is 0 Å². The number of aromatic nitrogens is 2. The van der Waals surface area contributed by atoms with Gasteiger partial charge in [-0.05, 0) is 35.6 Å². The van der Waals surface area contributed by atoms with Crippen molar-refractivity contribution in [2.45, 2.75) is 12.5 Å². The van der Waals surface area contributed by atoms with Crippen LogP contribution in [-0.4, -0.2) is 22.9 Å². The molecular weight excluding hydrogens is 288 g/mol. The van der Waals surface area contributed by atoms with Gasteiger partial charge in [0, 0.05) is 12.7 Å². The molecule has 1 N–H and O–H groups in total. The Balaban J connectivity index is 0.000000720. The summed E-state index contributed by atoms with van der Waals surface area (Å²) in [4.78, 5) is 0. The van der Waals surface area contributed by atoms with Gasteiger partial charge in [0.05, 0.1) is 15.8 Å². The zero-order valence-corrected chi connectivity index (χ0v) is 9.51. The quantitative estimate of drug-likeness (QED) is 0.796. The summed E-state index contributed by atoms with van der Waals surface area (Å²) < 4.78 is 3.27. The standard InChI is InChI=1S/C7H10IN3.ClH/c8-6-3-10-11(5-6)7-1-2-9-4-7;/h3,5,7,9H,1-2,4H2;1H. The summed E-state index contributed by atoms with van der Waals surface area (Å²) in [5.41, 5.74) is 0. The van der Waals surface area contributed by atoms with Crippen molar-refractivity contribution in [2.24, 2.45) is 0 Å². The van der Waals surface area contributed by atoms with Crippen molar-refractivity contribution in [2.75, 3.05) is 13.1 Å². The molecule has 1 fully saturated rings. The van der Waals surface area contributed by atoms with Crippen LogP contribution in [0.3, 0.4) is 0 Å². The molecule has 1 aliphatic rings. The zero-order valence-electron chi connectivity index (χ0n) is 6.53. The Morgan fingerprint density at radius 1 is 1.67 bits per heavy atom. The van der Waals surface area contributed by atoms with Crippen LogP contribution in [0.5, 0.6) is 0 Å². The van der Waals surface area contributed by atoms with Gasteiger partial charge >= 0.3 is 0 Å². The van der Waals surface area contributed by atoms with E-state index in [-0.39, 0.29) is 12.4 Å². The molecule has 2 rings (SSSR count). The van der Waals surface area contributed by atoms with Crippen molar-refractivity contribution in [3.63, 3.8) is 0 Å². The third kappa shape index (κ3) is 2.11. The van der Waals surface area contributed by atoms with Gasteiger partial charge in [0.15, 0.2) is 0 Å². The Kier molecular flexibility index (Phi) is 3.79. The summed E-state index contributed by atoms with van der Waals surface area (Å²) in [5.74, 6) is 0. The van der Waals surface area contributed by atoms with Gasteiger partial charge in [-0.3, -0.25) is 4.68 Å². The molecule has 0 bridgehead atoms. The molecule has 12 heavy (non-hydrogen) atoms. The maximum absolute atomic E-state index is 4.27. The molecule has 1 saturated heterocycles. The molecule has 1 aromatic heterocycles. The van der Waals surface area contributed by atoms with Gasteiger partial charge in [0.2, 0.25) is 0 Å². The molecule has 0 saturated carbocycles. The Bertz CT molecular complexity index is 245. The minimum atomic E-state index is 0. The van der Waals surface area contributed by atoms with Crippen molar-refractivity contribution in [1.82, 2.24) is 15.1 Å². The monoisotopic (exact) mass is 299 g/mol. The van der Waals surface area contributed by atoms with Crippen LogP contribution < -0.4 is 5.32 Å². The lowest BCUT2D eigenvalue weighted by Crippen LogP contribution is -2.13. The van der Waals surface area contributed by atoms with Crippen molar-refractivity contribution in [1.29, 1.82) is 0 Å². The van der Waals surface area contributed by atoms with E-state index in [1.165, 1.54) is 9.99 Å². The van der Waals surface area contributed by atoms with E-state index in [4.69, 9.17) is 0 Å². The summed E-state index contributed by atoms with van der Waals surface area (Å²) in [6.45, 7) is 2.19. The van der Waals surface area contributed by atoms with Crippen molar-refractivity contribution < 1.29 is 0 Å². The zero-order chi connectivity index (χ0) is 7.68. The van der Waals surface area contributed by atoms with Crippen LogP contribution in [-0.2, 0) is 0 Å². The SMILES string of the molecule is Cl.Ic1cnn(C2CCNC2)c1. The lowest BCUT2D eigenvalue weighted by Gasteiger charge is -2.07. The first-order chi connectivity index (χ1) is 5.36. The molecule has 2 heterocycles. The highest BCUT2D eigenvalue weighted by atomic mass is 127. The molecule has 3 nitrogen and oxygen atoms in total. The first kappa shape index (κ1) is 10.3. The van der Waals surface area contributed by atoms with Gasteiger partial charge in [-0.2, -0.15) is 5.10 Å². The Hall–Kier alpha value is 0.190. The second-order valence-electron chi connectivity index (χ2n) is 2.79. The predicted octanol–water partition coefficient (Wildman–Crippen LogP) is 1.44. The fraction of sp³-hybridized carbons (Fsp3) is 0.571. The lowest BCUT2D eigenvalue weighted by atomic mass is 10.3. The van der Waals surface area contributed by atoms with Gasteiger partial charge in [-0.1, -0.05) is 0 Å². The van der Waals surface area contributed by atoms with E-state index in [0.29, 0.717) is 6.04 Å². The second kappa shape index (κ2) is 4.43. The smallest absolute Gasteiger partial charge is 0.0656 e. The molecule has 5 heteroatoms. The van der Waals surface area contributed by atoms with Crippen molar-refractivity contribution in [3.8, 4) is 0 Å². The summed E-state index contributed by atoms with van der Waals surface area (Å²) in [6, 6.07) is 0.582. The van der Waals surface area contributed by atoms with Crippen LogP contribution in [0.2, 0.25) is 0 Å². The number of halogens is 2. The highest BCUT2D eigenvalue weighted by Gasteiger charge is 2.16. The molecule has 0 spiro atoms. The predicted molar refractivity (Wildman–Crippen MR) is 58.7 cm³/mol. The summed E-state index contributed by atoms with van der Waals surface area (Å²) in [6.07, 6.45) is 5.20. The molecule has 0 aliphatic carbocycles. The van der Waals surface area contributed by atoms with Gasteiger partial charge < -0.3 is 5.32 Å². The largest absolute Gasteiger partial charge is 0.315 e. The second-order valence-corrected chi connectivity index (χ2v) is 4.03. The van der Waals surface area contributed by atoms with E-state index in [2.05, 4.69) is 43.9 Å². The summed E-state index contributed by atoms with van der Waals surface area (Å²) in [5, 5.41) is 7.58. The summed E-state index contributed by atoms with van der Waals surface area (Å²) >= 11 is 2.28. The third-order valence-electron chi connectivity index (χ3n) is 1.98.